The molecule has 0 unspecified atom stereocenters. The summed E-state index contributed by atoms with van der Waals surface area (Å²) in [6.45, 7) is 0. The van der Waals surface area contributed by atoms with Gasteiger partial charge in [0, 0.05) is 0 Å². The Hall–Kier alpha value is -0.260. The SMILES string of the molecule is C1=C[C@H]2[C@@H]3CC[C@@H](C3)[C@@H]12. The lowest BCUT2D eigenvalue weighted by atomic mass is 9.72. The van der Waals surface area contributed by atoms with E-state index in [0.717, 1.165) is 23.7 Å². The van der Waals surface area contributed by atoms with E-state index in [1.807, 2.05) is 0 Å². The Balaban J connectivity index is 2.03. The van der Waals surface area contributed by atoms with Crippen LogP contribution in [0.25, 0.3) is 0 Å². The average Bonchev–Trinajstić information content (AvgIpc) is 2.18. The van der Waals surface area contributed by atoms with Crippen molar-refractivity contribution in [2.45, 2.75) is 19.3 Å². The quantitative estimate of drug-likeness (QED) is 0.430. The van der Waals surface area contributed by atoms with E-state index in [4.69, 9.17) is 0 Å². The van der Waals surface area contributed by atoms with E-state index in [2.05, 4.69) is 12.2 Å². The smallest absolute Gasteiger partial charge is 0.0139 e. The minimum absolute atomic E-state index is 1.05. The first kappa shape index (κ1) is 4.54. The highest BCUT2D eigenvalue weighted by molar-refractivity contribution is 5.19. The normalized spacial score (nSPS) is 59.6. The summed E-state index contributed by atoms with van der Waals surface area (Å²) < 4.78 is 0. The molecule has 0 aromatic rings. The molecule has 2 saturated carbocycles. The Morgan fingerprint density at radius 3 is 1.78 bits per heavy atom. The van der Waals surface area contributed by atoms with Gasteiger partial charge in [-0.2, -0.15) is 0 Å². The Morgan fingerprint density at radius 2 is 1.44 bits per heavy atom. The molecule has 0 spiro atoms. The number of hydrogen-bond donors (Lipinski definition) is 0. The fraction of sp³-hybridized carbons (Fsp3) is 0.778. The van der Waals surface area contributed by atoms with Crippen molar-refractivity contribution < 1.29 is 0 Å². The second-order valence-electron chi connectivity index (χ2n) is 3.87. The van der Waals surface area contributed by atoms with E-state index < -0.39 is 0 Å². The molecule has 0 N–H and O–H groups in total. The lowest BCUT2D eigenvalue weighted by Crippen LogP contribution is -2.24. The van der Waals surface area contributed by atoms with E-state index in [-0.39, 0.29) is 0 Å². The molecule has 4 atom stereocenters. The summed E-state index contributed by atoms with van der Waals surface area (Å²) in [4.78, 5) is 0. The topological polar surface area (TPSA) is 0 Å². The van der Waals surface area contributed by atoms with Crippen LogP contribution in [0.3, 0.4) is 0 Å². The highest BCUT2D eigenvalue weighted by Crippen LogP contribution is 2.57. The average molecular weight is 120 g/mol. The van der Waals surface area contributed by atoms with Crippen LogP contribution in [-0.2, 0) is 0 Å². The minimum atomic E-state index is 1.05. The molecule has 3 aliphatic carbocycles. The molecule has 0 heteroatoms. The maximum atomic E-state index is 2.44. The van der Waals surface area contributed by atoms with Gasteiger partial charge in [-0.15, -0.1) is 0 Å². The van der Waals surface area contributed by atoms with Gasteiger partial charge in [0.1, 0.15) is 0 Å². The molecule has 3 rings (SSSR count). The minimum Gasteiger partial charge on any atom is -0.0842 e. The molecule has 0 amide bonds. The molecular formula is C9H12. The Kier molecular flexibility index (Phi) is 0.633. The van der Waals surface area contributed by atoms with Crippen LogP contribution in [0.5, 0.6) is 0 Å². The first-order chi connectivity index (χ1) is 4.45. The van der Waals surface area contributed by atoms with Gasteiger partial charge < -0.3 is 0 Å². The molecule has 0 heterocycles. The summed E-state index contributed by atoms with van der Waals surface area (Å²) in [7, 11) is 0. The van der Waals surface area contributed by atoms with Crippen molar-refractivity contribution in [3.05, 3.63) is 12.2 Å². The molecule has 0 radical (unpaired) electrons. The van der Waals surface area contributed by atoms with Crippen molar-refractivity contribution in [1.82, 2.24) is 0 Å². The number of rotatable bonds is 0. The summed E-state index contributed by atoms with van der Waals surface area (Å²) in [5.41, 5.74) is 0. The third-order valence-electron chi connectivity index (χ3n) is 3.60. The van der Waals surface area contributed by atoms with Gasteiger partial charge in [0.15, 0.2) is 0 Å². The largest absolute Gasteiger partial charge is 0.0842 e. The molecule has 0 aliphatic heterocycles. The molecule has 2 bridgehead atoms. The van der Waals surface area contributed by atoms with Crippen LogP contribution in [0.4, 0.5) is 0 Å². The van der Waals surface area contributed by atoms with Gasteiger partial charge >= 0.3 is 0 Å². The maximum absolute atomic E-state index is 2.44. The molecule has 0 aromatic heterocycles. The Labute approximate surface area is 56.0 Å². The summed E-state index contributed by atoms with van der Waals surface area (Å²) >= 11 is 0. The van der Waals surface area contributed by atoms with Crippen LogP contribution >= 0.6 is 0 Å². The van der Waals surface area contributed by atoms with Crippen LogP contribution in [0.15, 0.2) is 12.2 Å². The van der Waals surface area contributed by atoms with Crippen LogP contribution < -0.4 is 0 Å². The standard InChI is InChI=1S/C9H12/c1-2-7-5-6(1)8-3-4-9(7)8/h3-4,6-9H,1-2,5H2/t6-,7+,8+,9-. The first-order valence-electron chi connectivity index (χ1n) is 4.13. The zero-order chi connectivity index (χ0) is 5.84. The van der Waals surface area contributed by atoms with Crippen LogP contribution in [-0.4, -0.2) is 0 Å². The molecular weight excluding hydrogens is 108 g/mol. The van der Waals surface area contributed by atoms with Crippen molar-refractivity contribution >= 4 is 0 Å². The van der Waals surface area contributed by atoms with Crippen LogP contribution in [0.1, 0.15) is 19.3 Å². The molecule has 0 saturated heterocycles. The van der Waals surface area contributed by atoms with Crippen molar-refractivity contribution in [1.29, 1.82) is 0 Å². The van der Waals surface area contributed by atoms with E-state index in [1.54, 1.807) is 6.42 Å². The maximum Gasteiger partial charge on any atom is -0.0139 e. The molecule has 0 aromatic carbocycles. The van der Waals surface area contributed by atoms with Gasteiger partial charge in [-0.3, -0.25) is 0 Å². The highest BCUT2D eigenvalue weighted by atomic mass is 14.5. The molecule has 2 fully saturated rings. The second-order valence-corrected chi connectivity index (χ2v) is 3.87. The van der Waals surface area contributed by atoms with Gasteiger partial charge in [0.2, 0.25) is 0 Å². The monoisotopic (exact) mass is 120 g/mol. The van der Waals surface area contributed by atoms with Crippen LogP contribution in [0.2, 0.25) is 0 Å². The van der Waals surface area contributed by atoms with Crippen molar-refractivity contribution in [2.75, 3.05) is 0 Å². The second kappa shape index (κ2) is 1.25. The zero-order valence-corrected chi connectivity index (χ0v) is 5.59. The Bertz CT molecular complexity index is 151. The fourth-order valence-corrected chi connectivity index (χ4v) is 3.06. The molecule has 9 heavy (non-hydrogen) atoms. The molecule has 3 aliphatic rings. The van der Waals surface area contributed by atoms with Crippen molar-refractivity contribution in [2.24, 2.45) is 23.7 Å². The van der Waals surface area contributed by atoms with Crippen molar-refractivity contribution in [3.63, 3.8) is 0 Å². The van der Waals surface area contributed by atoms with Crippen LogP contribution in [0, 0.1) is 23.7 Å². The van der Waals surface area contributed by atoms with Crippen molar-refractivity contribution in [3.8, 4) is 0 Å². The lowest BCUT2D eigenvalue weighted by molar-refractivity contribution is 0.285. The number of fused-ring (bicyclic) bond motifs is 5. The summed E-state index contributed by atoms with van der Waals surface area (Å²) in [6.07, 6.45) is 9.51. The van der Waals surface area contributed by atoms with E-state index in [1.165, 1.54) is 12.8 Å². The summed E-state index contributed by atoms with van der Waals surface area (Å²) in [5.74, 6) is 4.32. The summed E-state index contributed by atoms with van der Waals surface area (Å²) in [5, 5.41) is 0. The summed E-state index contributed by atoms with van der Waals surface area (Å²) in [6, 6.07) is 0. The van der Waals surface area contributed by atoms with E-state index >= 15 is 0 Å². The number of allylic oxidation sites excluding steroid dienone is 2. The van der Waals surface area contributed by atoms with E-state index in [9.17, 15) is 0 Å². The zero-order valence-electron chi connectivity index (χ0n) is 5.59. The molecule has 48 valence electrons. The van der Waals surface area contributed by atoms with Gasteiger partial charge in [-0.05, 0) is 42.9 Å². The van der Waals surface area contributed by atoms with Gasteiger partial charge in [-0.25, -0.2) is 0 Å². The first-order valence-corrected chi connectivity index (χ1v) is 4.13. The van der Waals surface area contributed by atoms with Gasteiger partial charge in [0.25, 0.3) is 0 Å². The predicted molar refractivity (Wildman–Crippen MR) is 37.0 cm³/mol. The van der Waals surface area contributed by atoms with E-state index in [0.29, 0.717) is 0 Å². The third kappa shape index (κ3) is 0.385. The highest BCUT2D eigenvalue weighted by Gasteiger charge is 2.48. The number of hydrogen-bond acceptors (Lipinski definition) is 0. The Morgan fingerprint density at radius 1 is 0.889 bits per heavy atom. The predicted octanol–water partition coefficient (Wildman–Crippen LogP) is 2.22. The van der Waals surface area contributed by atoms with Gasteiger partial charge in [-0.1, -0.05) is 12.2 Å². The fourth-order valence-electron chi connectivity index (χ4n) is 3.06. The lowest BCUT2D eigenvalue weighted by Gasteiger charge is -2.33. The van der Waals surface area contributed by atoms with Gasteiger partial charge in [0.05, 0.1) is 0 Å². The third-order valence-corrected chi connectivity index (χ3v) is 3.60. The molecule has 0 nitrogen and oxygen atoms in total.